The molecule has 1 heterocycles. The number of hydrogen-bond donors (Lipinski definition) is 1. The molecule has 1 aliphatic rings. The van der Waals surface area contributed by atoms with Crippen LogP contribution in [0, 0.1) is 0 Å². The highest BCUT2D eigenvalue weighted by Gasteiger charge is 2.31. The van der Waals surface area contributed by atoms with Gasteiger partial charge in [0, 0.05) is 25.3 Å². The number of nitrogens with one attached hydrogen (secondary N) is 1. The van der Waals surface area contributed by atoms with E-state index in [2.05, 4.69) is 10.2 Å². The van der Waals surface area contributed by atoms with Gasteiger partial charge in [0.2, 0.25) is 5.91 Å². The average Bonchev–Trinajstić information content (AvgIpc) is 2.45. The number of rotatable bonds is 5. The molecule has 0 spiro atoms. The molecule has 7 heteroatoms. The van der Waals surface area contributed by atoms with Crippen LogP contribution in [0.4, 0.5) is 18.9 Å². The van der Waals surface area contributed by atoms with Gasteiger partial charge in [-0.2, -0.15) is 13.2 Å². The smallest absolute Gasteiger partial charge is 0.379 e. The summed E-state index contributed by atoms with van der Waals surface area (Å²) in [6, 6.07) is 6.90. The van der Waals surface area contributed by atoms with Gasteiger partial charge in [-0.05, 0) is 24.1 Å². The predicted octanol–water partition coefficient (Wildman–Crippen LogP) is 2.45. The Balaban J connectivity index is 1.78. The van der Waals surface area contributed by atoms with Gasteiger partial charge in [-0.25, -0.2) is 0 Å². The lowest BCUT2D eigenvalue weighted by Crippen LogP contribution is -2.37. The fourth-order valence-corrected chi connectivity index (χ4v) is 2.25. The van der Waals surface area contributed by atoms with Crippen LogP contribution in [0.25, 0.3) is 0 Å². The Morgan fingerprint density at radius 2 is 1.82 bits per heavy atom. The Bertz CT molecular complexity index is 483. The zero-order valence-corrected chi connectivity index (χ0v) is 12.2. The monoisotopic (exact) mass is 316 g/mol. The number of anilines is 1. The summed E-state index contributed by atoms with van der Waals surface area (Å²) < 4.78 is 41.5. The van der Waals surface area contributed by atoms with Crippen LogP contribution in [0.3, 0.4) is 0 Å². The molecule has 1 saturated heterocycles. The molecule has 1 N–H and O–H groups in total. The highest BCUT2D eigenvalue weighted by Crippen LogP contribution is 2.20. The average molecular weight is 316 g/mol. The summed E-state index contributed by atoms with van der Waals surface area (Å²) in [5, 5.41) is 2.25. The molecule has 0 unspecified atom stereocenters. The number of ether oxygens (including phenoxy) is 1. The van der Waals surface area contributed by atoms with Crippen LogP contribution in [-0.2, 0) is 16.0 Å². The normalized spacial score (nSPS) is 16.5. The van der Waals surface area contributed by atoms with Gasteiger partial charge in [0.15, 0.2) is 0 Å². The second-order valence-electron chi connectivity index (χ2n) is 5.24. The molecular weight excluding hydrogens is 297 g/mol. The Labute approximate surface area is 127 Å². The van der Waals surface area contributed by atoms with Crippen molar-refractivity contribution >= 4 is 11.6 Å². The fraction of sp³-hybridized carbons (Fsp3) is 0.533. The maximum absolute atomic E-state index is 12.1. The molecule has 1 aromatic rings. The van der Waals surface area contributed by atoms with Crippen molar-refractivity contribution in [3.8, 4) is 0 Å². The SMILES string of the molecule is O=C(CC(F)(F)F)Nc1ccc(CCN2CCOCC2)cc1. The number of nitrogens with zero attached hydrogens (tertiary/aromatic N) is 1. The minimum absolute atomic E-state index is 0.379. The molecule has 0 aliphatic carbocycles. The number of amides is 1. The molecule has 1 aromatic carbocycles. The molecule has 1 fully saturated rings. The van der Waals surface area contributed by atoms with Crippen molar-refractivity contribution in [2.75, 3.05) is 38.2 Å². The van der Waals surface area contributed by atoms with Crippen LogP contribution in [0.5, 0.6) is 0 Å². The number of alkyl halides is 3. The summed E-state index contributed by atoms with van der Waals surface area (Å²) in [5.41, 5.74) is 1.46. The van der Waals surface area contributed by atoms with E-state index in [0.717, 1.165) is 44.8 Å². The Kier molecular flexibility index (Phi) is 5.79. The predicted molar refractivity (Wildman–Crippen MR) is 76.7 cm³/mol. The van der Waals surface area contributed by atoms with Gasteiger partial charge < -0.3 is 10.1 Å². The van der Waals surface area contributed by atoms with E-state index in [4.69, 9.17) is 4.74 Å². The molecule has 4 nitrogen and oxygen atoms in total. The van der Waals surface area contributed by atoms with E-state index in [1.54, 1.807) is 12.1 Å². The van der Waals surface area contributed by atoms with Crippen molar-refractivity contribution in [3.05, 3.63) is 29.8 Å². The lowest BCUT2D eigenvalue weighted by molar-refractivity contribution is -0.150. The zero-order valence-electron chi connectivity index (χ0n) is 12.2. The van der Waals surface area contributed by atoms with Crippen molar-refractivity contribution in [3.63, 3.8) is 0 Å². The molecule has 0 bridgehead atoms. The molecule has 0 saturated carbocycles. The van der Waals surface area contributed by atoms with Crippen molar-refractivity contribution in [2.45, 2.75) is 19.0 Å². The third kappa shape index (κ3) is 6.03. The maximum atomic E-state index is 12.1. The summed E-state index contributed by atoms with van der Waals surface area (Å²) in [7, 11) is 0. The molecular formula is C15H19F3N2O2. The minimum Gasteiger partial charge on any atom is -0.379 e. The van der Waals surface area contributed by atoms with E-state index in [1.807, 2.05) is 12.1 Å². The van der Waals surface area contributed by atoms with E-state index in [0.29, 0.717) is 5.69 Å². The van der Waals surface area contributed by atoms with Crippen LogP contribution >= 0.6 is 0 Å². The molecule has 0 aromatic heterocycles. The lowest BCUT2D eigenvalue weighted by Gasteiger charge is -2.26. The summed E-state index contributed by atoms with van der Waals surface area (Å²) in [6.07, 6.45) is -5.09. The minimum atomic E-state index is -4.48. The number of carbonyl (C=O) groups is 1. The van der Waals surface area contributed by atoms with Gasteiger partial charge in [-0.1, -0.05) is 12.1 Å². The van der Waals surface area contributed by atoms with Crippen LogP contribution < -0.4 is 5.32 Å². The largest absolute Gasteiger partial charge is 0.397 e. The van der Waals surface area contributed by atoms with Gasteiger partial charge in [-0.3, -0.25) is 9.69 Å². The van der Waals surface area contributed by atoms with Gasteiger partial charge in [0.1, 0.15) is 6.42 Å². The van der Waals surface area contributed by atoms with Crippen LogP contribution in [-0.4, -0.2) is 49.8 Å². The van der Waals surface area contributed by atoms with E-state index >= 15 is 0 Å². The number of morpholine rings is 1. The van der Waals surface area contributed by atoms with Gasteiger partial charge in [0.25, 0.3) is 0 Å². The first kappa shape index (κ1) is 16.8. The van der Waals surface area contributed by atoms with E-state index in [1.165, 1.54) is 0 Å². The summed E-state index contributed by atoms with van der Waals surface area (Å²) >= 11 is 0. The third-order valence-electron chi connectivity index (χ3n) is 3.42. The molecule has 122 valence electrons. The molecule has 0 radical (unpaired) electrons. The topological polar surface area (TPSA) is 41.6 Å². The number of hydrogen-bond acceptors (Lipinski definition) is 3. The highest BCUT2D eigenvalue weighted by atomic mass is 19.4. The second-order valence-corrected chi connectivity index (χ2v) is 5.24. The fourth-order valence-electron chi connectivity index (χ4n) is 2.25. The Hall–Kier alpha value is -1.60. The number of benzene rings is 1. The lowest BCUT2D eigenvalue weighted by atomic mass is 10.1. The summed E-state index contributed by atoms with van der Waals surface area (Å²) in [5.74, 6) is -1.05. The van der Waals surface area contributed by atoms with E-state index in [9.17, 15) is 18.0 Å². The first-order valence-corrected chi connectivity index (χ1v) is 7.18. The van der Waals surface area contributed by atoms with Gasteiger partial charge in [0.05, 0.1) is 13.2 Å². The first-order chi connectivity index (χ1) is 10.4. The van der Waals surface area contributed by atoms with Gasteiger partial charge in [-0.15, -0.1) is 0 Å². The molecule has 0 atom stereocenters. The highest BCUT2D eigenvalue weighted by molar-refractivity contribution is 5.91. The molecule has 2 rings (SSSR count). The van der Waals surface area contributed by atoms with Crippen molar-refractivity contribution in [1.82, 2.24) is 4.90 Å². The van der Waals surface area contributed by atoms with Crippen molar-refractivity contribution in [1.29, 1.82) is 0 Å². The first-order valence-electron chi connectivity index (χ1n) is 7.18. The van der Waals surface area contributed by atoms with Crippen molar-refractivity contribution in [2.24, 2.45) is 0 Å². The zero-order chi connectivity index (χ0) is 16.0. The van der Waals surface area contributed by atoms with Crippen LogP contribution in [0.15, 0.2) is 24.3 Å². The second kappa shape index (κ2) is 7.60. The molecule has 1 aliphatic heterocycles. The molecule has 22 heavy (non-hydrogen) atoms. The van der Waals surface area contributed by atoms with Crippen LogP contribution in [0.2, 0.25) is 0 Å². The maximum Gasteiger partial charge on any atom is 0.397 e. The molecule has 1 amide bonds. The Morgan fingerprint density at radius 1 is 1.18 bits per heavy atom. The number of carbonyl (C=O) groups excluding carboxylic acids is 1. The van der Waals surface area contributed by atoms with Crippen molar-refractivity contribution < 1.29 is 22.7 Å². The Morgan fingerprint density at radius 3 is 2.41 bits per heavy atom. The van der Waals surface area contributed by atoms with Gasteiger partial charge >= 0.3 is 6.18 Å². The quantitative estimate of drug-likeness (QED) is 0.907. The number of halogens is 3. The van der Waals surface area contributed by atoms with E-state index < -0.39 is 18.5 Å². The standard InChI is InChI=1S/C15H19F3N2O2/c16-15(17,18)11-14(21)19-13-3-1-12(2-4-13)5-6-20-7-9-22-10-8-20/h1-4H,5-11H2,(H,19,21). The summed E-state index contributed by atoms with van der Waals surface area (Å²) in [4.78, 5) is 13.5. The van der Waals surface area contributed by atoms with E-state index in [-0.39, 0.29) is 0 Å². The summed E-state index contributed by atoms with van der Waals surface area (Å²) in [6.45, 7) is 4.27. The third-order valence-corrected chi connectivity index (χ3v) is 3.42. The van der Waals surface area contributed by atoms with Crippen LogP contribution in [0.1, 0.15) is 12.0 Å².